The molecule has 1 N–H and O–H groups in total. The van der Waals surface area contributed by atoms with Gasteiger partial charge in [-0.1, -0.05) is 12.1 Å². The van der Waals surface area contributed by atoms with E-state index in [0.29, 0.717) is 0 Å². The standard InChI is InChI=1S/C12H11BrO2S/c1-15-10-4-2-3-8(5-10)12(14)9-6-11(13)16-7-9/h2-7,12,14H,1H3. The van der Waals surface area contributed by atoms with Crippen LogP contribution in [0.5, 0.6) is 5.75 Å². The lowest BCUT2D eigenvalue weighted by molar-refractivity contribution is 0.220. The van der Waals surface area contributed by atoms with E-state index in [9.17, 15) is 5.11 Å². The van der Waals surface area contributed by atoms with Gasteiger partial charge in [-0.2, -0.15) is 0 Å². The van der Waals surface area contributed by atoms with Gasteiger partial charge in [0.25, 0.3) is 0 Å². The molecular formula is C12H11BrO2S. The molecule has 0 saturated heterocycles. The molecule has 1 unspecified atom stereocenters. The molecule has 1 atom stereocenters. The van der Waals surface area contributed by atoms with Crippen molar-refractivity contribution in [3.63, 3.8) is 0 Å². The Balaban J connectivity index is 2.29. The quantitative estimate of drug-likeness (QED) is 0.938. The lowest BCUT2D eigenvalue weighted by Gasteiger charge is -2.10. The summed E-state index contributed by atoms with van der Waals surface area (Å²) in [6.07, 6.45) is -0.599. The van der Waals surface area contributed by atoms with Crippen molar-refractivity contribution < 1.29 is 9.84 Å². The van der Waals surface area contributed by atoms with Crippen molar-refractivity contribution in [2.75, 3.05) is 7.11 Å². The number of halogens is 1. The molecule has 0 spiro atoms. The Morgan fingerprint density at radius 2 is 2.12 bits per heavy atom. The van der Waals surface area contributed by atoms with Gasteiger partial charge in [0, 0.05) is 0 Å². The molecule has 0 aliphatic heterocycles. The van der Waals surface area contributed by atoms with E-state index in [1.54, 1.807) is 18.4 Å². The smallest absolute Gasteiger partial charge is 0.119 e. The third-order valence-electron chi connectivity index (χ3n) is 2.31. The molecule has 0 bridgehead atoms. The van der Waals surface area contributed by atoms with Crippen LogP contribution in [-0.4, -0.2) is 12.2 Å². The zero-order valence-electron chi connectivity index (χ0n) is 8.68. The largest absolute Gasteiger partial charge is 0.497 e. The van der Waals surface area contributed by atoms with Crippen LogP contribution in [0.2, 0.25) is 0 Å². The molecule has 0 saturated carbocycles. The molecule has 2 rings (SSSR count). The van der Waals surface area contributed by atoms with Crippen LogP contribution in [0.4, 0.5) is 0 Å². The van der Waals surface area contributed by atoms with Crippen molar-refractivity contribution in [3.8, 4) is 5.75 Å². The Labute approximate surface area is 107 Å². The molecule has 1 heterocycles. The molecule has 1 aromatic heterocycles. The number of rotatable bonds is 3. The number of hydrogen-bond donors (Lipinski definition) is 1. The molecule has 0 radical (unpaired) electrons. The van der Waals surface area contributed by atoms with Gasteiger partial charge in [-0.3, -0.25) is 0 Å². The molecule has 0 amide bonds. The van der Waals surface area contributed by atoms with Gasteiger partial charge in [0.1, 0.15) is 11.9 Å². The predicted octanol–water partition coefficient (Wildman–Crippen LogP) is 3.60. The second-order valence-corrected chi connectivity index (χ2v) is 5.65. The molecule has 0 aliphatic carbocycles. The number of aliphatic hydroxyl groups excluding tert-OH is 1. The Hall–Kier alpha value is -0.840. The second-order valence-electron chi connectivity index (χ2n) is 3.36. The molecule has 0 aliphatic rings. The fourth-order valence-corrected chi connectivity index (χ4v) is 2.67. The summed E-state index contributed by atoms with van der Waals surface area (Å²) in [7, 11) is 1.62. The van der Waals surface area contributed by atoms with Gasteiger partial charge >= 0.3 is 0 Å². The number of aliphatic hydroxyl groups is 1. The summed E-state index contributed by atoms with van der Waals surface area (Å²) in [4.78, 5) is 0. The zero-order chi connectivity index (χ0) is 11.5. The summed E-state index contributed by atoms with van der Waals surface area (Å²) in [6.45, 7) is 0. The first-order valence-corrected chi connectivity index (χ1v) is 6.44. The first kappa shape index (κ1) is 11.6. The van der Waals surface area contributed by atoms with E-state index < -0.39 is 6.10 Å². The van der Waals surface area contributed by atoms with Gasteiger partial charge in [-0.15, -0.1) is 11.3 Å². The maximum absolute atomic E-state index is 10.2. The van der Waals surface area contributed by atoms with E-state index in [-0.39, 0.29) is 0 Å². The van der Waals surface area contributed by atoms with Gasteiger partial charge in [0.15, 0.2) is 0 Å². The maximum Gasteiger partial charge on any atom is 0.119 e. The minimum Gasteiger partial charge on any atom is -0.497 e. The van der Waals surface area contributed by atoms with Gasteiger partial charge in [0.05, 0.1) is 10.9 Å². The molecule has 84 valence electrons. The molecule has 2 nitrogen and oxygen atoms in total. The summed E-state index contributed by atoms with van der Waals surface area (Å²) in [5.74, 6) is 0.755. The van der Waals surface area contributed by atoms with Gasteiger partial charge in [-0.05, 0) is 50.6 Å². The number of ether oxygens (including phenoxy) is 1. The predicted molar refractivity (Wildman–Crippen MR) is 69.1 cm³/mol. The van der Waals surface area contributed by atoms with Crippen molar-refractivity contribution in [3.05, 3.63) is 50.6 Å². The van der Waals surface area contributed by atoms with Crippen molar-refractivity contribution in [2.24, 2.45) is 0 Å². The summed E-state index contributed by atoms with van der Waals surface area (Å²) in [5.41, 5.74) is 1.73. The van der Waals surface area contributed by atoms with E-state index in [4.69, 9.17) is 4.74 Å². The van der Waals surface area contributed by atoms with Gasteiger partial charge in [0.2, 0.25) is 0 Å². The Kier molecular flexibility index (Phi) is 3.63. The number of hydrogen-bond acceptors (Lipinski definition) is 3. The second kappa shape index (κ2) is 4.99. The first-order valence-electron chi connectivity index (χ1n) is 4.76. The summed E-state index contributed by atoms with van der Waals surface area (Å²) >= 11 is 4.95. The van der Waals surface area contributed by atoms with Crippen LogP contribution < -0.4 is 4.74 Å². The monoisotopic (exact) mass is 298 g/mol. The zero-order valence-corrected chi connectivity index (χ0v) is 11.1. The van der Waals surface area contributed by atoms with E-state index in [0.717, 1.165) is 20.7 Å². The molecule has 16 heavy (non-hydrogen) atoms. The van der Waals surface area contributed by atoms with E-state index in [1.807, 2.05) is 35.7 Å². The van der Waals surface area contributed by atoms with Crippen LogP contribution >= 0.6 is 27.3 Å². The van der Waals surface area contributed by atoms with Crippen LogP contribution in [0.3, 0.4) is 0 Å². The van der Waals surface area contributed by atoms with E-state index in [1.165, 1.54) is 0 Å². The highest BCUT2D eigenvalue weighted by atomic mass is 79.9. The molecular weight excluding hydrogens is 288 g/mol. The normalized spacial score (nSPS) is 12.4. The highest BCUT2D eigenvalue weighted by Crippen LogP contribution is 2.30. The number of methoxy groups -OCH3 is 1. The maximum atomic E-state index is 10.2. The first-order chi connectivity index (χ1) is 7.70. The summed E-state index contributed by atoms with van der Waals surface area (Å²) in [5, 5.41) is 12.1. The van der Waals surface area contributed by atoms with Crippen LogP contribution in [0.25, 0.3) is 0 Å². The fraction of sp³-hybridized carbons (Fsp3) is 0.167. The fourth-order valence-electron chi connectivity index (χ4n) is 1.47. The number of benzene rings is 1. The lowest BCUT2D eigenvalue weighted by atomic mass is 10.0. The Bertz CT molecular complexity index is 481. The third-order valence-corrected chi connectivity index (χ3v) is 3.84. The minimum absolute atomic E-state index is 0.599. The Morgan fingerprint density at radius 1 is 1.31 bits per heavy atom. The average Bonchev–Trinajstić information content (AvgIpc) is 2.75. The summed E-state index contributed by atoms with van der Waals surface area (Å²) < 4.78 is 6.15. The SMILES string of the molecule is COc1cccc(C(O)c2csc(Br)c2)c1. The van der Waals surface area contributed by atoms with E-state index in [2.05, 4.69) is 15.9 Å². The molecule has 1 aromatic carbocycles. The van der Waals surface area contributed by atoms with Crippen LogP contribution in [0, 0.1) is 0 Å². The number of thiophene rings is 1. The van der Waals surface area contributed by atoms with Gasteiger partial charge < -0.3 is 9.84 Å². The molecule has 4 heteroatoms. The highest BCUT2D eigenvalue weighted by Gasteiger charge is 2.12. The van der Waals surface area contributed by atoms with Crippen LogP contribution in [-0.2, 0) is 0 Å². The highest BCUT2D eigenvalue weighted by molar-refractivity contribution is 9.11. The minimum atomic E-state index is -0.599. The van der Waals surface area contributed by atoms with Crippen molar-refractivity contribution in [1.29, 1.82) is 0 Å². The lowest BCUT2D eigenvalue weighted by Crippen LogP contribution is -1.98. The molecule has 0 fully saturated rings. The van der Waals surface area contributed by atoms with Crippen molar-refractivity contribution in [2.45, 2.75) is 6.10 Å². The van der Waals surface area contributed by atoms with Crippen LogP contribution in [0.15, 0.2) is 39.5 Å². The summed E-state index contributed by atoms with van der Waals surface area (Å²) in [6, 6.07) is 9.39. The van der Waals surface area contributed by atoms with Crippen molar-refractivity contribution >= 4 is 27.3 Å². The van der Waals surface area contributed by atoms with Gasteiger partial charge in [-0.25, -0.2) is 0 Å². The van der Waals surface area contributed by atoms with Crippen molar-refractivity contribution in [1.82, 2.24) is 0 Å². The topological polar surface area (TPSA) is 29.5 Å². The Morgan fingerprint density at radius 3 is 2.75 bits per heavy atom. The average molecular weight is 299 g/mol. The van der Waals surface area contributed by atoms with Crippen LogP contribution in [0.1, 0.15) is 17.2 Å². The third kappa shape index (κ3) is 2.45. The molecule has 2 aromatic rings. The van der Waals surface area contributed by atoms with E-state index >= 15 is 0 Å².